The molecule has 1 aliphatic rings. The highest BCUT2D eigenvalue weighted by molar-refractivity contribution is 8.26. The largest absolute Gasteiger partial charge is 0.296 e. The molecule has 1 heterocycles. The molecule has 0 saturated heterocycles. The minimum Gasteiger partial charge on any atom is -0.296 e. The van der Waals surface area contributed by atoms with Crippen molar-refractivity contribution >= 4 is 21.9 Å². The summed E-state index contributed by atoms with van der Waals surface area (Å²) in [4.78, 5) is 23.4. The topological polar surface area (TPSA) is 41.9 Å². The first-order valence-corrected chi connectivity index (χ1v) is 9.77. The summed E-state index contributed by atoms with van der Waals surface area (Å²) in [6.45, 7) is 15.3. The van der Waals surface area contributed by atoms with Crippen molar-refractivity contribution in [2.75, 3.05) is 6.61 Å². The summed E-state index contributed by atoms with van der Waals surface area (Å²) in [6, 6.07) is 0. The number of unbranched alkanes of at least 4 members (excludes halogenated alkanes) is 1. The summed E-state index contributed by atoms with van der Waals surface area (Å²) in [5.41, 5.74) is -0.811. The highest BCUT2D eigenvalue weighted by atomic mass is 32.2. The number of hydrogen-bond acceptors (Lipinski definition) is 5. The molecule has 0 aliphatic carbocycles. The summed E-state index contributed by atoms with van der Waals surface area (Å²) in [5.74, 6) is 0.132. The Bertz CT molecular complexity index is 433. The molecule has 0 aromatic heterocycles. The molecule has 0 aromatic carbocycles. The summed E-state index contributed by atoms with van der Waals surface area (Å²) in [6.07, 6.45) is 5.08. The fraction of sp³-hybridized carbons (Fsp3) is 0.889. The van der Waals surface area contributed by atoms with Crippen LogP contribution in [-0.2, 0) is 9.63 Å². The number of thioether (sulfide) groups is 1. The van der Waals surface area contributed by atoms with Crippen molar-refractivity contribution in [1.29, 1.82) is 0 Å². The van der Waals surface area contributed by atoms with Gasteiger partial charge < -0.3 is 0 Å². The Labute approximate surface area is 146 Å². The fourth-order valence-corrected chi connectivity index (χ4v) is 4.21. The average molecular weight is 343 g/mol. The maximum Gasteiger partial charge on any atom is 0.197 e. The van der Waals surface area contributed by atoms with E-state index < -0.39 is 5.66 Å². The van der Waals surface area contributed by atoms with Crippen molar-refractivity contribution in [3.05, 3.63) is 0 Å². The van der Waals surface area contributed by atoms with Crippen LogP contribution in [0.15, 0.2) is 4.99 Å². The molecule has 0 amide bonds. The number of carbonyl (C=O) groups excluding carboxylic acids is 1. The molecule has 0 bridgehead atoms. The molecule has 1 aliphatic heterocycles. The van der Waals surface area contributed by atoms with E-state index in [-0.39, 0.29) is 16.6 Å². The first kappa shape index (κ1) is 20.7. The number of hydroxylamine groups is 2. The van der Waals surface area contributed by atoms with Gasteiger partial charge in [0, 0.05) is 5.92 Å². The van der Waals surface area contributed by atoms with Gasteiger partial charge in [0.1, 0.15) is 5.66 Å². The van der Waals surface area contributed by atoms with Gasteiger partial charge in [0.2, 0.25) is 0 Å². The summed E-state index contributed by atoms with van der Waals surface area (Å²) in [7, 11) is 0. The normalized spacial score (nSPS) is 21.3. The van der Waals surface area contributed by atoms with Gasteiger partial charge in [-0.1, -0.05) is 33.6 Å². The van der Waals surface area contributed by atoms with Crippen LogP contribution in [-0.4, -0.2) is 33.0 Å². The Morgan fingerprint density at radius 2 is 1.87 bits per heavy atom. The molecule has 134 valence electrons. The van der Waals surface area contributed by atoms with E-state index in [0.29, 0.717) is 6.61 Å². The van der Waals surface area contributed by atoms with Gasteiger partial charge in [-0.25, -0.2) is 0 Å². The van der Waals surface area contributed by atoms with Crippen molar-refractivity contribution in [3.8, 4) is 0 Å². The second-order valence-corrected chi connectivity index (χ2v) is 8.26. The van der Waals surface area contributed by atoms with Gasteiger partial charge in [0.25, 0.3) is 0 Å². The first-order valence-electron chi connectivity index (χ1n) is 8.95. The lowest BCUT2D eigenvalue weighted by Gasteiger charge is -2.37. The minimum atomic E-state index is -0.438. The van der Waals surface area contributed by atoms with Gasteiger partial charge in [-0.3, -0.25) is 14.6 Å². The quantitative estimate of drug-likeness (QED) is 0.620. The number of aliphatic imine (C=N–C) groups is 1. The third kappa shape index (κ3) is 5.04. The number of rotatable bonds is 8. The summed E-state index contributed by atoms with van der Waals surface area (Å²) < 4.78 is 0. The van der Waals surface area contributed by atoms with Gasteiger partial charge in [0.15, 0.2) is 5.12 Å². The molecule has 0 fully saturated rings. The minimum absolute atomic E-state index is 0.132. The van der Waals surface area contributed by atoms with Crippen molar-refractivity contribution in [2.45, 2.75) is 91.8 Å². The van der Waals surface area contributed by atoms with E-state index in [1.807, 2.05) is 18.9 Å². The van der Waals surface area contributed by atoms with Crippen LogP contribution in [0.5, 0.6) is 0 Å². The van der Waals surface area contributed by atoms with E-state index in [1.165, 1.54) is 11.8 Å². The summed E-state index contributed by atoms with van der Waals surface area (Å²) in [5, 5.41) is 3.08. The van der Waals surface area contributed by atoms with E-state index in [9.17, 15) is 4.79 Å². The van der Waals surface area contributed by atoms with E-state index >= 15 is 0 Å². The van der Waals surface area contributed by atoms with Crippen LogP contribution in [0.1, 0.15) is 80.6 Å². The number of carbonyl (C=O) groups is 1. The van der Waals surface area contributed by atoms with Crippen LogP contribution in [0.2, 0.25) is 0 Å². The standard InChI is InChI=1S/C18H34N2O2S/c1-8-11-12-14(10-3)15(21)23-16-17(4,5)20(22-13-9-2)18(6,7)19-16/h14H,8-13H2,1-7H3. The molecule has 0 spiro atoms. The van der Waals surface area contributed by atoms with Gasteiger partial charge >= 0.3 is 0 Å². The van der Waals surface area contributed by atoms with Crippen LogP contribution in [0, 0.1) is 5.92 Å². The fourth-order valence-electron chi connectivity index (χ4n) is 2.97. The first-order chi connectivity index (χ1) is 10.7. The molecular weight excluding hydrogens is 308 g/mol. The zero-order chi connectivity index (χ0) is 17.7. The molecule has 0 aromatic rings. The Morgan fingerprint density at radius 3 is 2.39 bits per heavy atom. The summed E-state index contributed by atoms with van der Waals surface area (Å²) >= 11 is 1.33. The third-order valence-corrected chi connectivity index (χ3v) is 5.58. The van der Waals surface area contributed by atoms with Gasteiger partial charge in [-0.05, 0) is 58.7 Å². The van der Waals surface area contributed by atoms with Crippen molar-refractivity contribution in [1.82, 2.24) is 5.06 Å². The number of nitrogens with zero attached hydrogens (tertiary/aromatic N) is 2. The molecule has 4 nitrogen and oxygen atoms in total. The molecule has 1 unspecified atom stereocenters. The van der Waals surface area contributed by atoms with Gasteiger partial charge in [-0.15, -0.1) is 0 Å². The van der Waals surface area contributed by atoms with Crippen LogP contribution in [0.3, 0.4) is 0 Å². The van der Waals surface area contributed by atoms with Gasteiger partial charge in [0.05, 0.1) is 17.2 Å². The molecule has 0 saturated carbocycles. The van der Waals surface area contributed by atoms with Crippen molar-refractivity contribution < 1.29 is 9.63 Å². The van der Waals surface area contributed by atoms with Crippen LogP contribution in [0.4, 0.5) is 0 Å². The maximum atomic E-state index is 12.7. The van der Waals surface area contributed by atoms with Gasteiger partial charge in [-0.2, -0.15) is 5.06 Å². The Hall–Kier alpha value is -0.390. The molecule has 0 N–H and O–H groups in total. The predicted molar refractivity (Wildman–Crippen MR) is 99.6 cm³/mol. The Kier molecular flexibility index (Phi) is 7.75. The lowest BCUT2D eigenvalue weighted by Crippen LogP contribution is -2.51. The monoisotopic (exact) mass is 342 g/mol. The molecule has 1 atom stereocenters. The Morgan fingerprint density at radius 1 is 1.22 bits per heavy atom. The van der Waals surface area contributed by atoms with E-state index in [0.717, 1.165) is 37.1 Å². The van der Waals surface area contributed by atoms with Crippen LogP contribution in [0.25, 0.3) is 0 Å². The molecule has 1 rings (SSSR count). The Balaban J connectivity index is 2.84. The molecular formula is C18H34N2O2S. The average Bonchev–Trinajstić information content (AvgIpc) is 2.63. The smallest absolute Gasteiger partial charge is 0.197 e. The molecule has 23 heavy (non-hydrogen) atoms. The van der Waals surface area contributed by atoms with Crippen molar-refractivity contribution in [2.24, 2.45) is 10.9 Å². The molecule has 0 radical (unpaired) electrons. The highest BCUT2D eigenvalue weighted by Gasteiger charge is 2.49. The third-order valence-electron chi connectivity index (χ3n) is 4.26. The lowest BCUT2D eigenvalue weighted by atomic mass is 10.0. The van der Waals surface area contributed by atoms with E-state index in [2.05, 4.69) is 34.6 Å². The second-order valence-electron chi connectivity index (χ2n) is 7.27. The molecule has 5 heteroatoms. The zero-order valence-corrected chi connectivity index (χ0v) is 16.8. The second kappa shape index (κ2) is 8.63. The SMILES string of the molecule is CCCCC(CC)C(=O)SC1=NC(C)(C)N(OCCC)C1(C)C. The van der Waals surface area contributed by atoms with Crippen molar-refractivity contribution in [3.63, 3.8) is 0 Å². The maximum absolute atomic E-state index is 12.7. The van der Waals surface area contributed by atoms with E-state index in [4.69, 9.17) is 9.83 Å². The number of hydrogen-bond donors (Lipinski definition) is 0. The predicted octanol–water partition coefficient (Wildman–Crippen LogP) is 5.03. The lowest BCUT2D eigenvalue weighted by molar-refractivity contribution is -0.236. The van der Waals surface area contributed by atoms with Crippen LogP contribution >= 0.6 is 11.8 Å². The highest BCUT2D eigenvalue weighted by Crippen LogP contribution is 2.40. The zero-order valence-electron chi connectivity index (χ0n) is 15.9. The van der Waals surface area contributed by atoms with E-state index in [1.54, 1.807) is 0 Å². The van der Waals surface area contributed by atoms with Crippen LogP contribution < -0.4 is 0 Å².